The van der Waals surface area contributed by atoms with Crippen LogP contribution in [0.4, 0.5) is 14.5 Å². The van der Waals surface area contributed by atoms with Crippen molar-refractivity contribution in [3.63, 3.8) is 0 Å². The van der Waals surface area contributed by atoms with E-state index in [9.17, 15) is 22.0 Å². The topological polar surface area (TPSA) is 84.9 Å². The highest BCUT2D eigenvalue weighted by molar-refractivity contribution is 7.89. The van der Waals surface area contributed by atoms with Crippen LogP contribution in [-0.2, 0) is 23.0 Å². The monoisotopic (exact) mass is 488 g/mol. The van der Waals surface area contributed by atoms with Gasteiger partial charge in [-0.1, -0.05) is 30.3 Å². The summed E-state index contributed by atoms with van der Waals surface area (Å²) < 4.78 is 62.6. The van der Waals surface area contributed by atoms with Gasteiger partial charge in [0, 0.05) is 30.4 Å². The van der Waals surface area contributed by atoms with E-state index in [4.69, 9.17) is 4.74 Å². The van der Waals surface area contributed by atoms with Gasteiger partial charge in [0.15, 0.2) is 11.5 Å². The number of rotatable bonds is 7. The summed E-state index contributed by atoms with van der Waals surface area (Å²) in [6.45, 7) is -2.47. The van der Waals surface area contributed by atoms with Crippen LogP contribution in [-0.4, -0.2) is 38.9 Å². The lowest BCUT2D eigenvalue weighted by Crippen LogP contribution is -2.36. The molecule has 178 valence electrons. The predicted molar refractivity (Wildman–Crippen MR) is 122 cm³/mol. The highest BCUT2D eigenvalue weighted by Gasteiger charge is 2.28. The van der Waals surface area contributed by atoms with Crippen molar-refractivity contribution in [3.8, 4) is 11.5 Å². The second kappa shape index (κ2) is 9.78. The van der Waals surface area contributed by atoms with Gasteiger partial charge in [0.2, 0.25) is 10.0 Å². The summed E-state index contributed by atoms with van der Waals surface area (Å²) in [5.41, 5.74) is 2.36. The van der Waals surface area contributed by atoms with Gasteiger partial charge in [0.1, 0.15) is 0 Å². The van der Waals surface area contributed by atoms with Crippen LogP contribution in [0.1, 0.15) is 21.5 Å². The minimum Gasteiger partial charge on any atom is -0.493 e. The highest BCUT2D eigenvalue weighted by atomic mass is 32.2. The van der Waals surface area contributed by atoms with Gasteiger partial charge in [0.25, 0.3) is 5.91 Å². The Morgan fingerprint density at radius 2 is 1.76 bits per heavy atom. The molecule has 3 aromatic rings. The molecule has 1 N–H and O–H groups in total. The van der Waals surface area contributed by atoms with Gasteiger partial charge in [-0.3, -0.25) is 4.79 Å². The maximum atomic E-state index is 13.2. The number of carbonyl (C=O) groups is 1. The van der Waals surface area contributed by atoms with Crippen molar-refractivity contribution < 1.29 is 31.5 Å². The Balaban J connectivity index is 1.54. The first-order chi connectivity index (χ1) is 16.3. The molecule has 0 radical (unpaired) electrons. The first-order valence-corrected chi connectivity index (χ1v) is 11.8. The minimum absolute atomic E-state index is 0.00372. The fraction of sp³-hybridized carbons (Fsp3) is 0.208. The van der Waals surface area contributed by atoms with Crippen molar-refractivity contribution >= 4 is 21.6 Å². The van der Waals surface area contributed by atoms with Gasteiger partial charge in [-0.25, -0.2) is 8.42 Å². The van der Waals surface area contributed by atoms with Crippen molar-refractivity contribution in [3.05, 3.63) is 83.4 Å². The van der Waals surface area contributed by atoms with Crippen LogP contribution in [0.15, 0.2) is 71.6 Å². The number of nitrogens with zero attached hydrogens (tertiary/aromatic N) is 1. The quantitative estimate of drug-likeness (QED) is 0.536. The van der Waals surface area contributed by atoms with E-state index in [0.717, 1.165) is 11.1 Å². The zero-order valence-electron chi connectivity index (χ0n) is 18.2. The molecule has 0 aromatic heterocycles. The van der Waals surface area contributed by atoms with Crippen LogP contribution in [0, 0.1) is 0 Å². The second-order valence-electron chi connectivity index (χ2n) is 7.58. The molecule has 1 amide bonds. The number of halogens is 2. The van der Waals surface area contributed by atoms with E-state index in [1.807, 2.05) is 24.3 Å². The van der Waals surface area contributed by atoms with E-state index in [2.05, 4.69) is 10.1 Å². The Hall–Kier alpha value is -3.50. The smallest absolute Gasteiger partial charge is 0.387 e. The summed E-state index contributed by atoms with van der Waals surface area (Å²) in [5, 5.41) is 2.57. The SMILES string of the molecule is COc1ccc(NC(=O)c2cccc(S(=O)(=O)N3CCc4ccccc4C3)c2)cc1OC(F)F. The molecule has 0 unspecified atom stereocenters. The number of ether oxygens (including phenoxy) is 2. The molecular formula is C24H22F2N2O5S. The third kappa shape index (κ3) is 5.02. The molecule has 4 rings (SSSR count). The van der Waals surface area contributed by atoms with Gasteiger partial charge in [-0.15, -0.1) is 0 Å². The standard InChI is InChI=1S/C24H22F2N2O5S/c1-32-21-10-9-19(14-22(21)33-24(25)26)27-23(29)17-7-4-8-20(13-17)34(30,31)28-12-11-16-5-2-3-6-18(16)15-28/h2-10,13-14,24H,11-12,15H2,1H3,(H,27,29). The normalized spacial score (nSPS) is 13.9. The molecule has 10 heteroatoms. The van der Waals surface area contributed by atoms with Crippen molar-refractivity contribution in [1.82, 2.24) is 4.31 Å². The summed E-state index contributed by atoms with van der Waals surface area (Å²) in [6, 6.07) is 17.4. The first-order valence-electron chi connectivity index (χ1n) is 10.4. The van der Waals surface area contributed by atoms with Gasteiger partial charge >= 0.3 is 6.61 Å². The second-order valence-corrected chi connectivity index (χ2v) is 9.52. The number of fused-ring (bicyclic) bond motifs is 1. The zero-order chi connectivity index (χ0) is 24.3. The zero-order valence-corrected chi connectivity index (χ0v) is 19.0. The molecule has 1 heterocycles. The van der Waals surface area contributed by atoms with E-state index in [0.29, 0.717) is 13.0 Å². The summed E-state index contributed by atoms with van der Waals surface area (Å²) in [7, 11) is -2.53. The average molecular weight is 489 g/mol. The van der Waals surface area contributed by atoms with E-state index in [1.54, 1.807) is 0 Å². The number of alkyl halides is 2. The number of amides is 1. The van der Waals surface area contributed by atoms with Gasteiger partial charge in [-0.2, -0.15) is 13.1 Å². The van der Waals surface area contributed by atoms with Crippen LogP contribution in [0.3, 0.4) is 0 Å². The summed E-state index contributed by atoms with van der Waals surface area (Å²) in [4.78, 5) is 12.8. The van der Waals surface area contributed by atoms with Crippen LogP contribution in [0.5, 0.6) is 11.5 Å². The van der Waals surface area contributed by atoms with E-state index >= 15 is 0 Å². The Morgan fingerprint density at radius 3 is 2.50 bits per heavy atom. The van der Waals surface area contributed by atoms with Crippen LogP contribution >= 0.6 is 0 Å². The fourth-order valence-electron chi connectivity index (χ4n) is 3.77. The van der Waals surface area contributed by atoms with E-state index in [1.165, 1.54) is 53.9 Å². The first kappa shape index (κ1) is 23.7. The van der Waals surface area contributed by atoms with E-state index in [-0.39, 0.29) is 34.2 Å². The third-order valence-corrected chi connectivity index (χ3v) is 7.31. The lowest BCUT2D eigenvalue weighted by atomic mass is 10.0. The van der Waals surface area contributed by atoms with E-state index < -0.39 is 22.5 Å². The van der Waals surface area contributed by atoms with Crippen molar-refractivity contribution in [2.75, 3.05) is 19.0 Å². The molecule has 0 saturated heterocycles. The van der Waals surface area contributed by atoms with Gasteiger partial charge in [0.05, 0.1) is 12.0 Å². The third-order valence-electron chi connectivity index (χ3n) is 5.47. The number of hydrogen-bond donors (Lipinski definition) is 1. The average Bonchev–Trinajstić information content (AvgIpc) is 2.83. The summed E-state index contributed by atoms with van der Waals surface area (Å²) >= 11 is 0. The molecule has 0 atom stereocenters. The van der Waals surface area contributed by atoms with Crippen LogP contribution in [0.2, 0.25) is 0 Å². The molecule has 7 nitrogen and oxygen atoms in total. The Morgan fingerprint density at radius 1 is 1.00 bits per heavy atom. The molecule has 3 aromatic carbocycles. The Labute approximate surface area is 196 Å². The minimum atomic E-state index is -3.83. The van der Waals surface area contributed by atoms with Crippen molar-refractivity contribution in [2.45, 2.75) is 24.5 Å². The predicted octanol–water partition coefficient (Wildman–Crippen LogP) is 4.30. The van der Waals surface area contributed by atoms with Gasteiger partial charge in [-0.05, 0) is 47.9 Å². The number of methoxy groups -OCH3 is 1. The number of hydrogen-bond acceptors (Lipinski definition) is 5. The number of carbonyl (C=O) groups excluding carboxylic acids is 1. The summed E-state index contributed by atoms with van der Waals surface area (Å²) in [5.74, 6) is -0.763. The molecule has 34 heavy (non-hydrogen) atoms. The molecule has 0 fully saturated rings. The Kier molecular flexibility index (Phi) is 6.80. The molecule has 0 spiro atoms. The summed E-state index contributed by atoms with van der Waals surface area (Å²) in [6.07, 6.45) is 0.607. The molecule has 0 aliphatic carbocycles. The van der Waals surface area contributed by atoms with Gasteiger partial charge < -0.3 is 14.8 Å². The number of nitrogens with one attached hydrogen (secondary N) is 1. The molecule has 1 aliphatic rings. The van der Waals surface area contributed by atoms with Crippen molar-refractivity contribution in [2.24, 2.45) is 0 Å². The number of sulfonamides is 1. The van der Waals surface area contributed by atoms with Crippen LogP contribution < -0.4 is 14.8 Å². The molecule has 0 saturated carbocycles. The molecule has 0 bridgehead atoms. The lowest BCUT2D eigenvalue weighted by Gasteiger charge is -2.28. The fourth-order valence-corrected chi connectivity index (χ4v) is 5.23. The lowest BCUT2D eigenvalue weighted by molar-refractivity contribution is -0.0511. The molecular weight excluding hydrogens is 466 g/mol. The Bertz CT molecular complexity index is 1310. The number of anilines is 1. The number of benzene rings is 3. The molecule has 1 aliphatic heterocycles. The highest BCUT2D eigenvalue weighted by Crippen LogP contribution is 2.32. The largest absolute Gasteiger partial charge is 0.493 e. The maximum Gasteiger partial charge on any atom is 0.387 e. The van der Waals surface area contributed by atoms with Crippen LogP contribution in [0.25, 0.3) is 0 Å². The van der Waals surface area contributed by atoms with Crippen molar-refractivity contribution in [1.29, 1.82) is 0 Å². The maximum absolute atomic E-state index is 13.2.